The molecule has 0 saturated carbocycles. The molecule has 0 spiro atoms. The molecule has 0 aliphatic carbocycles. The second-order valence-electron chi connectivity index (χ2n) is 7.63. The third-order valence-electron chi connectivity index (χ3n) is 5.43. The fourth-order valence-corrected chi connectivity index (χ4v) is 3.83. The van der Waals surface area contributed by atoms with E-state index in [4.69, 9.17) is 5.21 Å². The summed E-state index contributed by atoms with van der Waals surface area (Å²) in [4.78, 5) is 26.2. The number of hydrogen-bond donors (Lipinski definition) is 3. The highest BCUT2D eigenvalue weighted by Gasteiger charge is 2.33. The average Bonchev–Trinajstić information content (AvgIpc) is 2.79. The first-order valence-electron chi connectivity index (χ1n) is 10.1. The number of amides is 2. The molecule has 0 bridgehead atoms. The Morgan fingerprint density at radius 3 is 2.38 bits per heavy atom. The zero-order valence-electron chi connectivity index (χ0n) is 17.0. The van der Waals surface area contributed by atoms with E-state index in [1.165, 1.54) is 6.07 Å². The van der Waals surface area contributed by atoms with E-state index in [1.807, 2.05) is 41.3 Å². The maximum Gasteiger partial charge on any atom is 0.247 e. The van der Waals surface area contributed by atoms with Crippen LogP contribution in [0.4, 0.5) is 20.2 Å². The van der Waals surface area contributed by atoms with Crippen molar-refractivity contribution in [3.05, 3.63) is 95.1 Å². The predicted molar refractivity (Wildman–Crippen MR) is 115 cm³/mol. The summed E-state index contributed by atoms with van der Waals surface area (Å²) in [5.74, 6) is -2.62. The van der Waals surface area contributed by atoms with Gasteiger partial charge in [-0.2, -0.15) is 0 Å². The van der Waals surface area contributed by atoms with Crippen LogP contribution in [0.3, 0.4) is 0 Å². The summed E-state index contributed by atoms with van der Waals surface area (Å²) < 4.78 is 27.1. The first-order chi connectivity index (χ1) is 15.4. The average molecular weight is 437 g/mol. The van der Waals surface area contributed by atoms with Crippen molar-refractivity contribution in [2.24, 2.45) is 0 Å². The number of carbonyl (C=O) groups excluding carboxylic acids is 2. The van der Waals surface area contributed by atoms with E-state index in [0.29, 0.717) is 17.8 Å². The fraction of sp³-hybridized carbons (Fsp3) is 0.167. The molecule has 1 heterocycles. The normalized spacial score (nSPS) is 15.2. The lowest BCUT2D eigenvalue weighted by Gasteiger charge is -2.38. The van der Waals surface area contributed by atoms with E-state index in [1.54, 1.807) is 17.6 Å². The van der Waals surface area contributed by atoms with Gasteiger partial charge >= 0.3 is 0 Å². The van der Waals surface area contributed by atoms with Crippen LogP contribution in [0.15, 0.2) is 66.7 Å². The van der Waals surface area contributed by atoms with Gasteiger partial charge < -0.3 is 10.2 Å². The van der Waals surface area contributed by atoms with Gasteiger partial charge in [-0.3, -0.25) is 14.8 Å². The Hall–Kier alpha value is -3.78. The molecule has 0 fully saturated rings. The molecule has 3 N–H and O–H groups in total. The minimum Gasteiger partial charge on any atom is -0.353 e. The first-order valence-corrected chi connectivity index (χ1v) is 10.1. The van der Waals surface area contributed by atoms with Crippen LogP contribution in [0.25, 0.3) is 0 Å². The third-order valence-corrected chi connectivity index (χ3v) is 5.43. The molecule has 0 radical (unpaired) electrons. The van der Waals surface area contributed by atoms with Gasteiger partial charge in [0.05, 0.1) is 17.8 Å². The summed E-state index contributed by atoms with van der Waals surface area (Å²) in [6, 6.07) is 17.7. The second kappa shape index (κ2) is 9.15. The summed E-state index contributed by atoms with van der Waals surface area (Å²) in [5, 5.41) is 11.6. The maximum atomic E-state index is 13.7. The van der Waals surface area contributed by atoms with Crippen molar-refractivity contribution in [2.75, 3.05) is 10.2 Å². The lowest BCUT2D eigenvalue weighted by molar-refractivity contribution is -0.128. The van der Waals surface area contributed by atoms with Crippen molar-refractivity contribution in [1.29, 1.82) is 0 Å². The van der Waals surface area contributed by atoms with Crippen LogP contribution in [0.2, 0.25) is 0 Å². The molecule has 1 atom stereocenters. The van der Waals surface area contributed by atoms with Gasteiger partial charge in [-0.15, -0.1) is 0 Å². The van der Waals surface area contributed by atoms with E-state index in [9.17, 15) is 18.4 Å². The molecule has 0 unspecified atom stereocenters. The van der Waals surface area contributed by atoms with Gasteiger partial charge in [-0.1, -0.05) is 42.5 Å². The summed E-state index contributed by atoms with van der Waals surface area (Å²) in [5.41, 5.74) is 5.25. The Bertz CT molecular complexity index is 1150. The Kier molecular flexibility index (Phi) is 6.13. The molecule has 3 aromatic rings. The number of hydroxylamine groups is 1. The summed E-state index contributed by atoms with van der Waals surface area (Å²) in [7, 11) is 0. The number of anilines is 2. The van der Waals surface area contributed by atoms with Gasteiger partial charge in [-0.05, 0) is 41.0 Å². The number of hydrogen-bond acceptors (Lipinski definition) is 4. The molecule has 0 aromatic heterocycles. The molecule has 2 amide bonds. The predicted octanol–water partition coefficient (Wildman–Crippen LogP) is 3.58. The second-order valence-corrected chi connectivity index (χ2v) is 7.63. The molecule has 1 aliphatic heterocycles. The van der Waals surface area contributed by atoms with Gasteiger partial charge in [0, 0.05) is 13.0 Å². The molecule has 3 aromatic carbocycles. The van der Waals surface area contributed by atoms with E-state index in [2.05, 4.69) is 5.32 Å². The number of para-hydroxylation sites is 2. The van der Waals surface area contributed by atoms with Crippen LogP contribution < -0.4 is 15.7 Å². The van der Waals surface area contributed by atoms with Gasteiger partial charge in [0.1, 0.15) is 6.04 Å². The number of rotatable bonds is 6. The molecule has 8 heteroatoms. The Morgan fingerprint density at radius 1 is 0.969 bits per heavy atom. The maximum absolute atomic E-state index is 13.7. The van der Waals surface area contributed by atoms with E-state index >= 15 is 0 Å². The van der Waals surface area contributed by atoms with Crippen LogP contribution in [-0.4, -0.2) is 23.1 Å². The number of carbonyl (C=O) groups is 2. The molecule has 32 heavy (non-hydrogen) atoms. The lowest BCUT2D eigenvalue weighted by Crippen LogP contribution is -2.49. The van der Waals surface area contributed by atoms with Crippen molar-refractivity contribution >= 4 is 23.2 Å². The van der Waals surface area contributed by atoms with Gasteiger partial charge in [0.2, 0.25) is 11.8 Å². The van der Waals surface area contributed by atoms with Crippen molar-refractivity contribution < 1.29 is 23.6 Å². The van der Waals surface area contributed by atoms with Crippen molar-refractivity contribution in [3.63, 3.8) is 0 Å². The Labute approximate surface area is 183 Å². The van der Waals surface area contributed by atoms with Crippen molar-refractivity contribution in [2.45, 2.75) is 25.4 Å². The van der Waals surface area contributed by atoms with Crippen LogP contribution in [-0.2, 0) is 29.0 Å². The topological polar surface area (TPSA) is 81.7 Å². The number of fused-ring (bicyclic) bond motifs is 1. The zero-order valence-corrected chi connectivity index (χ0v) is 17.0. The zero-order chi connectivity index (χ0) is 22.7. The van der Waals surface area contributed by atoms with Gasteiger partial charge in [0.25, 0.3) is 0 Å². The first kappa shape index (κ1) is 21.5. The highest BCUT2D eigenvalue weighted by Crippen LogP contribution is 2.34. The minimum atomic E-state index is -0.951. The molecular weight excluding hydrogens is 416 g/mol. The van der Waals surface area contributed by atoms with Crippen LogP contribution >= 0.6 is 0 Å². The largest absolute Gasteiger partial charge is 0.353 e. The molecule has 0 saturated heterocycles. The number of halogens is 2. The highest BCUT2D eigenvalue weighted by molar-refractivity contribution is 6.03. The molecular formula is C24H21F2N3O3. The number of nitrogens with zero attached hydrogens (tertiary/aromatic N) is 1. The molecule has 4 rings (SSSR count). The van der Waals surface area contributed by atoms with E-state index < -0.39 is 23.6 Å². The minimum absolute atomic E-state index is 0.0461. The summed E-state index contributed by atoms with van der Waals surface area (Å²) in [6.07, 6.45) is 0.247. The van der Waals surface area contributed by atoms with E-state index in [-0.39, 0.29) is 18.7 Å². The fourth-order valence-electron chi connectivity index (χ4n) is 3.83. The summed E-state index contributed by atoms with van der Waals surface area (Å²) in [6.45, 7) is 0.394. The van der Waals surface area contributed by atoms with Crippen molar-refractivity contribution in [1.82, 2.24) is 5.48 Å². The van der Waals surface area contributed by atoms with Gasteiger partial charge in [-0.25, -0.2) is 14.3 Å². The van der Waals surface area contributed by atoms with Crippen LogP contribution in [0.1, 0.15) is 16.7 Å². The third kappa shape index (κ3) is 4.60. The quantitative estimate of drug-likeness (QED) is 0.407. The van der Waals surface area contributed by atoms with E-state index in [0.717, 1.165) is 28.9 Å². The smallest absolute Gasteiger partial charge is 0.247 e. The number of benzene rings is 3. The standard InChI is InChI=1S/C24H21F2N3O3/c25-18-10-9-17(11-19(18)26)12-22-24(31)27-20-3-1-2-4-21(20)29(22)14-16-7-5-15(6-8-16)13-23(30)28-32/h1-11,22,32H,12-14H2,(H,27,31)(H,28,30)/t22-/m1/s1. The highest BCUT2D eigenvalue weighted by atomic mass is 19.2. The summed E-state index contributed by atoms with van der Waals surface area (Å²) >= 11 is 0. The van der Waals surface area contributed by atoms with Gasteiger partial charge in [0.15, 0.2) is 11.6 Å². The van der Waals surface area contributed by atoms with Crippen molar-refractivity contribution in [3.8, 4) is 0 Å². The molecule has 6 nitrogen and oxygen atoms in total. The monoisotopic (exact) mass is 437 g/mol. The molecule has 164 valence electrons. The SMILES string of the molecule is O=C(Cc1ccc(CN2c3ccccc3NC(=O)[C@H]2Cc2ccc(F)c(F)c2)cc1)NO. The molecule has 1 aliphatic rings. The Balaban J connectivity index is 1.62. The van der Waals surface area contributed by atoms with Crippen LogP contribution in [0, 0.1) is 11.6 Å². The lowest BCUT2D eigenvalue weighted by atomic mass is 9.98. The number of nitrogens with one attached hydrogen (secondary N) is 2. The van der Waals surface area contributed by atoms with Crippen LogP contribution in [0.5, 0.6) is 0 Å². The Morgan fingerprint density at radius 2 is 1.66 bits per heavy atom.